The monoisotopic (exact) mass is 267 g/mol. The first-order valence-electron chi connectivity index (χ1n) is 5.16. The van der Waals surface area contributed by atoms with Crippen molar-refractivity contribution in [3.8, 4) is 0 Å². The zero-order valence-electron chi connectivity index (χ0n) is 9.48. The van der Waals surface area contributed by atoms with E-state index in [9.17, 15) is 0 Å². The van der Waals surface area contributed by atoms with E-state index in [1.165, 1.54) is 4.88 Å². The van der Waals surface area contributed by atoms with Crippen LogP contribution < -0.4 is 16.4 Å². The minimum Gasteiger partial charge on any atom is -0.397 e. The summed E-state index contributed by atoms with van der Waals surface area (Å²) in [6.07, 6.45) is 0. The van der Waals surface area contributed by atoms with Crippen LogP contribution in [0.5, 0.6) is 0 Å². The van der Waals surface area contributed by atoms with Crippen LogP contribution in [0.3, 0.4) is 0 Å². The van der Waals surface area contributed by atoms with Crippen molar-refractivity contribution < 1.29 is 0 Å². The van der Waals surface area contributed by atoms with Crippen LogP contribution in [0.1, 0.15) is 4.88 Å². The molecule has 0 bridgehead atoms. The van der Waals surface area contributed by atoms with E-state index < -0.39 is 0 Å². The van der Waals surface area contributed by atoms with Gasteiger partial charge in [-0.05, 0) is 30.3 Å². The number of nitrogen functional groups attached to an aromatic ring is 2. The molecule has 0 saturated carbocycles. The number of benzene rings is 1. The van der Waals surface area contributed by atoms with Crippen LogP contribution in [0.15, 0.2) is 30.3 Å². The molecule has 0 amide bonds. The molecule has 0 fully saturated rings. The van der Waals surface area contributed by atoms with E-state index in [2.05, 4.69) is 4.90 Å². The number of nitrogens with two attached hydrogens (primary N) is 2. The van der Waals surface area contributed by atoms with Gasteiger partial charge in [-0.25, -0.2) is 0 Å². The maximum Gasteiger partial charge on any atom is 0.0931 e. The zero-order chi connectivity index (χ0) is 12.4. The normalized spacial score (nSPS) is 10.5. The number of hydrogen-bond acceptors (Lipinski definition) is 4. The maximum absolute atomic E-state index is 5.90. The molecule has 1 heterocycles. The molecule has 17 heavy (non-hydrogen) atoms. The van der Waals surface area contributed by atoms with Crippen molar-refractivity contribution in [2.75, 3.05) is 23.4 Å². The fourth-order valence-electron chi connectivity index (χ4n) is 1.56. The van der Waals surface area contributed by atoms with Crippen molar-refractivity contribution in [2.45, 2.75) is 6.54 Å². The third-order valence-electron chi connectivity index (χ3n) is 2.53. The molecule has 2 rings (SSSR count). The Hall–Kier alpha value is -1.39. The summed E-state index contributed by atoms with van der Waals surface area (Å²) in [5, 5.41) is 0. The van der Waals surface area contributed by atoms with Crippen molar-refractivity contribution in [1.82, 2.24) is 0 Å². The van der Waals surface area contributed by atoms with Gasteiger partial charge in [0.05, 0.1) is 22.3 Å². The topological polar surface area (TPSA) is 55.3 Å². The first-order chi connectivity index (χ1) is 8.06. The standard InChI is InChI=1S/C12H14ClN3S/c1-16(7-9-3-5-12(13)17-9)8-2-4-10(14)11(15)6-8/h2-6H,7,14-15H2,1H3. The van der Waals surface area contributed by atoms with E-state index in [-0.39, 0.29) is 0 Å². The lowest BCUT2D eigenvalue weighted by Gasteiger charge is -2.19. The van der Waals surface area contributed by atoms with Crippen LogP contribution in [0.4, 0.5) is 17.1 Å². The first kappa shape index (κ1) is 12.1. The van der Waals surface area contributed by atoms with Crippen molar-refractivity contribution >= 4 is 40.0 Å². The van der Waals surface area contributed by atoms with Gasteiger partial charge in [-0.2, -0.15) is 0 Å². The molecule has 4 N–H and O–H groups in total. The Morgan fingerprint density at radius 3 is 2.53 bits per heavy atom. The second-order valence-electron chi connectivity index (χ2n) is 3.88. The van der Waals surface area contributed by atoms with Crippen molar-refractivity contribution in [1.29, 1.82) is 0 Å². The summed E-state index contributed by atoms with van der Waals surface area (Å²) >= 11 is 7.49. The van der Waals surface area contributed by atoms with Crippen LogP contribution in [0.2, 0.25) is 4.34 Å². The lowest BCUT2D eigenvalue weighted by molar-refractivity contribution is 0.941. The van der Waals surface area contributed by atoms with E-state index in [0.717, 1.165) is 16.6 Å². The third-order valence-corrected chi connectivity index (χ3v) is 3.75. The number of anilines is 3. The van der Waals surface area contributed by atoms with Gasteiger partial charge in [0.2, 0.25) is 0 Å². The third kappa shape index (κ3) is 2.84. The Bertz CT molecular complexity index is 524. The minimum absolute atomic E-state index is 0.610. The van der Waals surface area contributed by atoms with Gasteiger partial charge in [0.1, 0.15) is 0 Å². The largest absolute Gasteiger partial charge is 0.397 e. The molecule has 2 aromatic rings. The molecule has 5 heteroatoms. The van der Waals surface area contributed by atoms with E-state index in [1.54, 1.807) is 11.3 Å². The quantitative estimate of drug-likeness (QED) is 0.840. The second kappa shape index (κ2) is 4.85. The SMILES string of the molecule is CN(Cc1ccc(Cl)s1)c1ccc(N)c(N)c1. The Balaban J connectivity index is 2.14. The van der Waals surface area contributed by atoms with Gasteiger partial charge in [-0.3, -0.25) is 0 Å². The van der Waals surface area contributed by atoms with Crippen LogP contribution in [0.25, 0.3) is 0 Å². The number of thiophene rings is 1. The summed E-state index contributed by atoms with van der Waals surface area (Å²) < 4.78 is 0.810. The Morgan fingerprint density at radius 1 is 1.18 bits per heavy atom. The molecule has 90 valence electrons. The molecule has 0 aliphatic carbocycles. The predicted molar refractivity (Wildman–Crippen MR) is 76.7 cm³/mol. The fourth-order valence-corrected chi connectivity index (χ4v) is 2.70. The highest BCUT2D eigenvalue weighted by Gasteiger charge is 2.05. The van der Waals surface area contributed by atoms with Gasteiger partial charge in [-0.15, -0.1) is 11.3 Å². The summed E-state index contributed by atoms with van der Waals surface area (Å²) in [4.78, 5) is 3.32. The van der Waals surface area contributed by atoms with E-state index in [1.807, 2.05) is 37.4 Å². The summed E-state index contributed by atoms with van der Waals surface area (Å²) in [5.41, 5.74) is 13.7. The van der Waals surface area contributed by atoms with Crippen molar-refractivity contribution in [3.63, 3.8) is 0 Å². The highest BCUT2D eigenvalue weighted by atomic mass is 35.5. The maximum atomic E-state index is 5.90. The number of rotatable bonds is 3. The van der Waals surface area contributed by atoms with Gasteiger partial charge >= 0.3 is 0 Å². The average molecular weight is 268 g/mol. The highest BCUT2D eigenvalue weighted by molar-refractivity contribution is 7.16. The smallest absolute Gasteiger partial charge is 0.0931 e. The average Bonchev–Trinajstić information content (AvgIpc) is 2.68. The van der Waals surface area contributed by atoms with E-state index >= 15 is 0 Å². The van der Waals surface area contributed by atoms with Gasteiger partial charge in [0.15, 0.2) is 0 Å². The molecule has 0 saturated heterocycles. The Kier molecular flexibility index (Phi) is 3.45. The Morgan fingerprint density at radius 2 is 1.94 bits per heavy atom. The molecule has 0 radical (unpaired) electrons. The fraction of sp³-hybridized carbons (Fsp3) is 0.167. The molecule has 3 nitrogen and oxygen atoms in total. The molecule has 0 spiro atoms. The number of halogens is 1. The van der Waals surface area contributed by atoms with Gasteiger partial charge in [-0.1, -0.05) is 11.6 Å². The molecule has 1 aromatic heterocycles. The molecule has 0 aliphatic heterocycles. The number of hydrogen-bond donors (Lipinski definition) is 2. The Labute approximate surface area is 110 Å². The van der Waals surface area contributed by atoms with Crippen molar-refractivity contribution in [2.24, 2.45) is 0 Å². The van der Waals surface area contributed by atoms with E-state index in [4.69, 9.17) is 23.1 Å². The minimum atomic E-state index is 0.610. The van der Waals surface area contributed by atoms with Crippen LogP contribution in [0, 0.1) is 0 Å². The highest BCUT2D eigenvalue weighted by Crippen LogP contribution is 2.26. The predicted octanol–water partition coefficient (Wildman–Crippen LogP) is 3.20. The summed E-state index contributed by atoms with van der Waals surface area (Å²) in [5.74, 6) is 0. The molecule has 0 unspecified atom stereocenters. The molecule has 1 aromatic carbocycles. The zero-order valence-corrected chi connectivity index (χ0v) is 11.1. The summed E-state index contributed by atoms with van der Waals surface area (Å²) in [7, 11) is 2.01. The van der Waals surface area contributed by atoms with Gasteiger partial charge in [0, 0.05) is 17.6 Å². The molecular formula is C12H14ClN3S. The summed E-state index contributed by atoms with van der Waals surface area (Å²) in [6.45, 7) is 0.806. The van der Waals surface area contributed by atoms with Crippen LogP contribution in [-0.2, 0) is 6.54 Å². The molecule has 0 aliphatic rings. The molecular weight excluding hydrogens is 254 g/mol. The second-order valence-corrected chi connectivity index (χ2v) is 5.67. The lowest BCUT2D eigenvalue weighted by atomic mass is 10.2. The number of nitrogens with zero attached hydrogens (tertiary/aromatic N) is 1. The van der Waals surface area contributed by atoms with Crippen LogP contribution >= 0.6 is 22.9 Å². The lowest BCUT2D eigenvalue weighted by Crippen LogP contribution is -2.15. The van der Waals surface area contributed by atoms with Gasteiger partial charge in [0.25, 0.3) is 0 Å². The summed E-state index contributed by atoms with van der Waals surface area (Å²) in [6, 6.07) is 9.60. The van der Waals surface area contributed by atoms with Gasteiger partial charge < -0.3 is 16.4 Å². The van der Waals surface area contributed by atoms with Crippen LogP contribution in [-0.4, -0.2) is 7.05 Å². The molecule has 0 atom stereocenters. The first-order valence-corrected chi connectivity index (χ1v) is 6.36. The van der Waals surface area contributed by atoms with E-state index in [0.29, 0.717) is 11.4 Å². The van der Waals surface area contributed by atoms with Crippen molar-refractivity contribution in [3.05, 3.63) is 39.5 Å².